The fraction of sp³-hybridized carbons (Fsp3) is 0.364. The molecule has 0 amide bonds. The maximum atomic E-state index is 5.70. The molecule has 2 rings (SSSR count). The molecule has 68 valence electrons. The Morgan fingerprint density at radius 3 is 2.85 bits per heavy atom. The Morgan fingerprint density at radius 2 is 2.15 bits per heavy atom. The molecule has 0 saturated carbocycles. The third-order valence-electron chi connectivity index (χ3n) is 2.43. The van der Waals surface area contributed by atoms with E-state index < -0.39 is 0 Å². The summed E-state index contributed by atoms with van der Waals surface area (Å²) in [6.45, 7) is 4.40. The first kappa shape index (κ1) is 8.30. The first-order valence-electron chi connectivity index (χ1n) is 4.63. The lowest BCUT2D eigenvalue weighted by Crippen LogP contribution is -2.11. The first-order chi connectivity index (χ1) is 6.18. The highest BCUT2D eigenvalue weighted by atomic mass is 14.9. The molecule has 0 atom stereocenters. The Kier molecular flexibility index (Phi) is 1.83. The van der Waals surface area contributed by atoms with Gasteiger partial charge in [-0.2, -0.15) is 0 Å². The second-order valence-corrected chi connectivity index (χ2v) is 3.78. The summed E-state index contributed by atoms with van der Waals surface area (Å²) >= 11 is 0. The Hall–Kier alpha value is -1.31. The van der Waals surface area contributed by atoms with E-state index in [0.29, 0.717) is 5.92 Å². The van der Waals surface area contributed by atoms with E-state index in [-0.39, 0.29) is 0 Å². The summed E-state index contributed by atoms with van der Waals surface area (Å²) in [4.78, 5) is 4.29. The number of aliphatic imine (C=N–C) groups is 1. The van der Waals surface area contributed by atoms with E-state index in [1.54, 1.807) is 0 Å². The number of rotatable bonds is 1. The van der Waals surface area contributed by atoms with Gasteiger partial charge in [-0.1, -0.05) is 26.0 Å². The predicted molar refractivity (Wildman–Crippen MR) is 55.5 cm³/mol. The summed E-state index contributed by atoms with van der Waals surface area (Å²) < 4.78 is 0. The van der Waals surface area contributed by atoms with E-state index in [0.717, 1.165) is 17.9 Å². The van der Waals surface area contributed by atoms with E-state index in [1.807, 2.05) is 6.07 Å². The Labute approximate surface area is 78.5 Å². The lowest BCUT2D eigenvalue weighted by molar-refractivity contribution is 0.855. The monoisotopic (exact) mass is 174 g/mol. The van der Waals surface area contributed by atoms with Gasteiger partial charge in [-0.15, -0.1) is 0 Å². The predicted octanol–water partition coefficient (Wildman–Crippen LogP) is 2.35. The fourth-order valence-electron chi connectivity index (χ4n) is 1.81. The van der Waals surface area contributed by atoms with Crippen molar-refractivity contribution in [1.82, 2.24) is 0 Å². The number of benzene rings is 1. The zero-order valence-corrected chi connectivity index (χ0v) is 8.04. The van der Waals surface area contributed by atoms with Gasteiger partial charge in [-0.25, -0.2) is 4.99 Å². The summed E-state index contributed by atoms with van der Waals surface area (Å²) in [5.74, 6) is 1.29. The van der Waals surface area contributed by atoms with Crippen LogP contribution in [-0.4, -0.2) is 5.84 Å². The summed E-state index contributed by atoms with van der Waals surface area (Å²) in [6, 6.07) is 6.24. The highest BCUT2D eigenvalue weighted by Crippen LogP contribution is 2.32. The molecule has 13 heavy (non-hydrogen) atoms. The van der Waals surface area contributed by atoms with Gasteiger partial charge in [-0.3, -0.25) is 0 Å². The molecular weight excluding hydrogens is 160 g/mol. The largest absolute Gasteiger partial charge is 0.387 e. The van der Waals surface area contributed by atoms with Crippen LogP contribution in [0, 0.1) is 0 Å². The molecule has 0 radical (unpaired) electrons. The van der Waals surface area contributed by atoms with Crippen LogP contribution >= 0.6 is 0 Å². The third-order valence-corrected chi connectivity index (χ3v) is 2.43. The number of nitrogens with zero attached hydrogens (tertiary/aromatic N) is 1. The van der Waals surface area contributed by atoms with Gasteiger partial charge in [0, 0.05) is 6.42 Å². The van der Waals surface area contributed by atoms with Gasteiger partial charge in [0.25, 0.3) is 0 Å². The molecule has 2 heteroatoms. The number of hydrogen-bond acceptors (Lipinski definition) is 2. The maximum absolute atomic E-state index is 5.70. The van der Waals surface area contributed by atoms with Crippen molar-refractivity contribution < 1.29 is 0 Å². The smallest absolute Gasteiger partial charge is 0.104 e. The minimum absolute atomic E-state index is 0.552. The van der Waals surface area contributed by atoms with Crippen molar-refractivity contribution in [2.45, 2.75) is 26.2 Å². The van der Waals surface area contributed by atoms with Gasteiger partial charge < -0.3 is 5.73 Å². The maximum Gasteiger partial charge on any atom is 0.104 e. The van der Waals surface area contributed by atoms with Crippen molar-refractivity contribution in [2.24, 2.45) is 10.7 Å². The third kappa shape index (κ3) is 1.32. The van der Waals surface area contributed by atoms with Gasteiger partial charge in [0.2, 0.25) is 0 Å². The zero-order chi connectivity index (χ0) is 9.42. The van der Waals surface area contributed by atoms with Crippen LogP contribution in [0.15, 0.2) is 23.2 Å². The van der Waals surface area contributed by atoms with Crippen molar-refractivity contribution in [1.29, 1.82) is 0 Å². The molecule has 1 aromatic carbocycles. The van der Waals surface area contributed by atoms with Crippen LogP contribution in [0.1, 0.15) is 30.9 Å². The van der Waals surface area contributed by atoms with Crippen molar-refractivity contribution >= 4 is 11.5 Å². The summed E-state index contributed by atoms with van der Waals surface area (Å²) in [7, 11) is 0. The topological polar surface area (TPSA) is 38.4 Å². The molecule has 1 aliphatic heterocycles. The van der Waals surface area contributed by atoms with E-state index in [2.05, 4.69) is 31.0 Å². The average Bonchev–Trinajstić information content (AvgIpc) is 2.43. The molecule has 0 unspecified atom stereocenters. The molecule has 0 fully saturated rings. The lowest BCUT2D eigenvalue weighted by atomic mass is 9.95. The summed E-state index contributed by atoms with van der Waals surface area (Å²) in [6.07, 6.45) is 0.823. The van der Waals surface area contributed by atoms with Crippen molar-refractivity contribution in [2.75, 3.05) is 0 Å². The van der Waals surface area contributed by atoms with Crippen LogP contribution in [-0.2, 0) is 6.42 Å². The Balaban J connectivity index is 2.51. The van der Waals surface area contributed by atoms with Gasteiger partial charge in [0.1, 0.15) is 5.84 Å². The van der Waals surface area contributed by atoms with E-state index in [1.165, 1.54) is 11.1 Å². The minimum Gasteiger partial charge on any atom is -0.387 e. The van der Waals surface area contributed by atoms with Gasteiger partial charge in [0.15, 0.2) is 0 Å². The molecule has 1 heterocycles. The average molecular weight is 174 g/mol. The van der Waals surface area contributed by atoms with Crippen LogP contribution in [0.2, 0.25) is 0 Å². The molecule has 0 spiro atoms. The van der Waals surface area contributed by atoms with Crippen molar-refractivity contribution in [3.63, 3.8) is 0 Å². The van der Waals surface area contributed by atoms with Gasteiger partial charge >= 0.3 is 0 Å². The Morgan fingerprint density at radius 1 is 1.38 bits per heavy atom. The zero-order valence-electron chi connectivity index (χ0n) is 8.04. The molecule has 0 aliphatic carbocycles. The number of fused-ring (bicyclic) bond motifs is 1. The highest BCUT2D eigenvalue weighted by molar-refractivity contribution is 5.91. The van der Waals surface area contributed by atoms with Crippen LogP contribution in [0.4, 0.5) is 5.69 Å². The molecule has 1 aromatic rings. The molecule has 0 aromatic heterocycles. The van der Waals surface area contributed by atoms with E-state index in [4.69, 9.17) is 5.73 Å². The highest BCUT2D eigenvalue weighted by Gasteiger charge is 2.16. The fourth-order valence-corrected chi connectivity index (χ4v) is 1.81. The molecule has 2 nitrogen and oxygen atoms in total. The molecule has 0 saturated heterocycles. The van der Waals surface area contributed by atoms with Crippen LogP contribution < -0.4 is 5.73 Å². The molecule has 0 bridgehead atoms. The van der Waals surface area contributed by atoms with Gasteiger partial charge in [-0.05, 0) is 23.1 Å². The quantitative estimate of drug-likeness (QED) is 0.697. The SMILES string of the molecule is CC(C)c1cccc2c1CC(N)=N2. The second-order valence-electron chi connectivity index (χ2n) is 3.78. The first-order valence-corrected chi connectivity index (χ1v) is 4.63. The standard InChI is InChI=1S/C11H14N2/c1-7(2)8-4-3-5-10-9(8)6-11(12)13-10/h3-5,7H,6H2,1-2H3,(H2,12,13). The van der Waals surface area contributed by atoms with Crippen molar-refractivity contribution in [3.8, 4) is 0 Å². The van der Waals surface area contributed by atoms with E-state index >= 15 is 0 Å². The summed E-state index contributed by atoms with van der Waals surface area (Å²) in [5, 5.41) is 0. The number of amidine groups is 1. The normalized spacial score (nSPS) is 14.5. The second kappa shape index (κ2) is 2.87. The Bertz CT molecular complexity index is 364. The molecule has 2 N–H and O–H groups in total. The minimum atomic E-state index is 0.552. The summed E-state index contributed by atoms with van der Waals surface area (Å²) in [5.41, 5.74) is 9.45. The van der Waals surface area contributed by atoms with Crippen LogP contribution in [0.3, 0.4) is 0 Å². The number of hydrogen-bond donors (Lipinski definition) is 1. The number of nitrogens with two attached hydrogens (primary N) is 1. The lowest BCUT2D eigenvalue weighted by Gasteiger charge is -2.10. The van der Waals surface area contributed by atoms with Gasteiger partial charge in [0.05, 0.1) is 5.69 Å². The molecule has 1 aliphatic rings. The van der Waals surface area contributed by atoms with Crippen molar-refractivity contribution in [3.05, 3.63) is 29.3 Å². The van der Waals surface area contributed by atoms with Crippen LogP contribution in [0.5, 0.6) is 0 Å². The van der Waals surface area contributed by atoms with Crippen LogP contribution in [0.25, 0.3) is 0 Å². The molecular formula is C11H14N2. The van der Waals surface area contributed by atoms with E-state index in [9.17, 15) is 0 Å².